The number of imidazole rings is 1. The van der Waals surface area contributed by atoms with Crippen molar-refractivity contribution in [2.45, 2.75) is 19.8 Å². The number of aromatic nitrogens is 2. The minimum atomic E-state index is 0.609. The summed E-state index contributed by atoms with van der Waals surface area (Å²) in [7, 11) is 1.96. The van der Waals surface area contributed by atoms with E-state index in [0.717, 1.165) is 30.7 Å². The van der Waals surface area contributed by atoms with E-state index in [9.17, 15) is 0 Å². The molecule has 0 bridgehead atoms. The second-order valence-corrected chi connectivity index (χ2v) is 4.29. The van der Waals surface area contributed by atoms with Gasteiger partial charge < -0.3 is 9.72 Å². The number of nitrogens with one attached hydrogen (secondary N) is 1. The average molecular weight is 238 g/mol. The highest BCUT2D eigenvalue weighted by atomic mass is 35.5. The van der Waals surface area contributed by atoms with E-state index >= 15 is 0 Å². The fraction of sp³-hybridized carbons (Fsp3) is 0.417. The lowest BCUT2D eigenvalue weighted by atomic mass is 10.2. The van der Waals surface area contributed by atoms with Gasteiger partial charge in [0.1, 0.15) is 5.82 Å². The Bertz CT molecular complexity index is 490. The predicted octanol–water partition coefficient (Wildman–Crippen LogP) is 2.45. The van der Waals surface area contributed by atoms with Gasteiger partial charge in [0.25, 0.3) is 0 Å². The zero-order valence-electron chi connectivity index (χ0n) is 9.63. The van der Waals surface area contributed by atoms with Crippen LogP contribution in [0, 0.1) is 6.92 Å². The molecule has 0 radical (unpaired) electrons. The molecule has 1 N–H and O–H groups in total. The van der Waals surface area contributed by atoms with E-state index in [4.69, 9.17) is 11.6 Å². The Labute approximate surface area is 100 Å². The maximum Gasteiger partial charge on any atom is 0.155 e. The number of aryl methyl sites for hydroxylation is 2. The fourth-order valence-corrected chi connectivity index (χ4v) is 2.25. The molecule has 0 saturated heterocycles. The first-order valence-corrected chi connectivity index (χ1v) is 5.88. The molecular weight excluding hydrogens is 222 g/mol. The first-order chi connectivity index (χ1) is 7.74. The number of fused-ring (bicyclic) bond motifs is 1. The van der Waals surface area contributed by atoms with Gasteiger partial charge in [0, 0.05) is 12.6 Å². The number of hydrogen-bond acceptors (Lipinski definition) is 2. The van der Waals surface area contributed by atoms with E-state index in [1.165, 1.54) is 5.56 Å². The maximum absolute atomic E-state index is 6.15. The number of hydrogen-bond donors (Lipinski definition) is 1. The molecule has 0 saturated carbocycles. The number of halogens is 1. The lowest BCUT2D eigenvalue weighted by Gasteiger charge is -2.02. The molecule has 16 heavy (non-hydrogen) atoms. The van der Waals surface area contributed by atoms with Crippen molar-refractivity contribution in [1.29, 1.82) is 0 Å². The zero-order valence-corrected chi connectivity index (χ0v) is 10.4. The molecule has 2 heterocycles. The van der Waals surface area contributed by atoms with Crippen LogP contribution in [0.15, 0.2) is 18.3 Å². The average Bonchev–Trinajstić information content (AvgIpc) is 2.58. The predicted molar refractivity (Wildman–Crippen MR) is 67.2 cm³/mol. The van der Waals surface area contributed by atoms with Gasteiger partial charge in [0.15, 0.2) is 5.15 Å². The van der Waals surface area contributed by atoms with Crippen molar-refractivity contribution in [3.8, 4) is 0 Å². The van der Waals surface area contributed by atoms with E-state index in [1.807, 2.05) is 19.3 Å². The van der Waals surface area contributed by atoms with Crippen molar-refractivity contribution >= 4 is 17.1 Å². The second-order valence-electron chi connectivity index (χ2n) is 3.94. The molecule has 0 fully saturated rings. The van der Waals surface area contributed by atoms with Gasteiger partial charge in [-0.1, -0.05) is 17.7 Å². The van der Waals surface area contributed by atoms with Gasteiger partial charge >= 0.3 is 0 Å². The smallest absolute Gasteiger partial charge is 0.155 e. The van der Waals surface area contributed by atoms with Gasteiger partial charge in [-0.25, -0.2) is 4.98 Å². The highest BCUT2D eigenvalue weighted by molar-refractivity contribution is 6.32. The van der Waals surface area contributed by atoms with E-state index < -0.39 is 0 Å². The van der Waals surface area contributed by atoms with Gasteiger partial charge in [0.05, 0.1) is 5.52 Å². The van der Waals surface area contributed by atoms with Crippen molar-refractivity contribution in [3.63, 3.8) is 0 Å². The molecule has 0 aliphatic carbocycles. The summed E-state index contributed by atoms with van der Waals surface area (Å²) in [6.45, 7) is 3.05. The van der Waals surface area contributed by atoms with Crippen LogP contribution in [0.25, 0.3) is 5.52 Å². The summed E-state index contributed by atoms with van der Waals surface area (Å²) in [5, 5.41) is 3.74. The Morgan fingerprint density at radius 3 is 3.06 bits per heavy atom. The molecular formula is C12H16ClN3. The molecule has 2 aromatic heterocycles. The Balaban J connectivity index is 2.36. The van der Waals surface area contributed by atoms with Crippen LogP contribution < -0.4 is 5.32 Å². The van der Waals surface area contributed by atoms with Crippen LogP contribution in [-0.4, -0.2) is 23.0 Å². The third-order valence-corrected chi connectivity index (χ3v) is 2.99. The highest BCUT2D eigenvalue weighted by Gasteiger charge is 2.10. The van der Waals surface area contributed by atoms with E-state index in [2.05, 4.69) is 27.7 Å². The monoisotopic (exact) mass is 237 g/mol. The van der Waals surface area contributed by atoms with Gasteiger partial charge in [-0.05, 0) is 38.6 Å². The minimum Gasteiger partial charge on any atom is -0.320 e. The van der Waals surface area contributed by atoms with Crippen LogP contribution in [0.3, 0.4) is 0 Å². The van der Waals surface area contributed by atoms with Crippen LogP contribution in [0.4, 0.5) is 0 Å². The van der Waals surface area contributed by atoms with E-state index in [-0.39, 0.29) is 0 Å². The molecule has 86 valence electrons. The standard InChI is InChI=1S/C12H16ClN3/c1-9-5-4-8-16-10(6-3-7-14-2)15-12(13)11(9)16/h4-5,8,14H,3,6-7H2,1-2H3. The molecule has 3 nitrogen and oxygen atoms in total. The lowest BCUT2D eigenvalue weighted by molar-refractivity contribution is 0.701. The van der Waals surface area contributed by atoms with Gasteiger partial charge in [-0.3, -0.25) is 0 Å². The number of nitrogens with zero attached hydrogens (tertiary/aromatic N) is 2. The molecule has 2 aromatic rings. The summed E-state index contributed by atoms with van der Waals surface area (Å²) in [4.78, 5) is 4.42. The quantitative estimate of drug-likeness (QED) is 0.828. The van der Waals surface area contributed by atoms with Crippen molar-refractivity contribution in [2.24, 2.45) is 0 Å². The summed E-state index contributed by atoms with van der Waals surface area (Å²) >= 11 is 6.15. The molecule has 0 amide bonds. The van der Waals surface area contributed by atoms with Crippen molar-refractivity contribution in [3.05, 3.63) is 34.9 Å². The van der Waals surface area contributed by atoms with E-state index in [0.29, 0.717) is 5.15 Å². The fourth-order valence-electron chi connectivity index (χ4n) is 1.91. The molecule has 0 unspecified atom stereocenters. The lowest BCUT2D eigenvalue weighted by Crippen LogP contribution is -2.09. The summed E-state index contributed by atoms with van der Waals surface area (Å²) in [5.41, 5.74) is 2.20. The minimum absolute atomic E-state index is 0.609. The summed E-state index contributed by atoms with van der Waals surface area (Å²) in [6.07, 6.45) is 4.04. The zero-order chi connectivity index (χ0) is 11.5. The number of rotatable bonds is 4. The van der Waals surface area contributed by atoms with Crippen molar-refractivity contribution in [2.75, 3.05) is 13.6 Å². The van der Waals surface area contributed by atoms with Crippen molar-refractivity contribution < 1.29 is 0 Å². The first kappa shape index (κ1) is 11.4. The Morgan fingerprint density at radius 2 is 2.31 bits per heavy atom. The van der Waals surface area contributed by atoms with Gasteiger partial charge in [-0.15, -0.1) is 0 Å². The summed E-state index contributed by atoms with van der Waals surface area (Å²) < 4.78 is 2.09. The normalized spacial score (nSPS) is 11.2. The molecule has 0 atom stereocenters. The Morgan fingerprint density at radius 1 is 1.50 bits per heavy atom. The summed E-state index contributed by atoms with van der Waals surface area (Å²) in [5.74, 6) is 1.04. The third kappa shape index (κ3) is 2.06. The molecule has 4 heteroatoms. The molecule has 0 aliphatic heterocycles. The molecule has 2 rings (SSSR count). The Hall–Kier alpha value is -1.06. The summed E-state index contributed by atoms with van der Waals surface area (Å²) in [6, 6.07) is 4.09. The van der Waals surface area contributed by atoms with Crippen LogP contribution >= 0.6 is 11.6 Å². The van der Waals surface area contributed by atoms with Crippen LogP contribution in [0.1, 0.15) is 17.8 Å². The first-order valence-electron chi connectivity index (χ1n) is 5.50. The third-order valence-electron chi connectivity index (χ3n) is 2.72. The maximum atomic E-state index is 6.15. The number of pyridine rings is 1. The topological polar surface area (TPSA) is 29.3 Å². The van der Waals surface area contributed by atoms with Crippen LogP contribution in [0.2, 0.25) is 5.15 Å². The molecule has 0 aliphatic rings. The van der Waals surface area contributed by atoms with Gasteiger partial charge in [-0.2, -0.15) is 0 Å². The Kier molecular flexibility index (Phi) is 3.46. The SMILES string of the molecule is CNCCCc1nc(Cl)c2c(C)cccn12. The van der Waals surface area contributed by atoms with Gasteiger partial charge in [0.2, 0.25) is 0 Å². The second kappa shape index (κ2) is 4.85. The van der Waals surface area contributed by atoms with Crippen molar-refractivity contribution in [1.82, 2.24) is 14.7 Å². The van der Waals surface area contributed by atoms with Crippen LogP contribution in [-0.2, 0) is 6.42 Å². The van der Waals surface area contributed by atoms with E-state index in [1.54, 1.807) is 0 Å². The largest absolute Gasteiger partial charge is 0.320 e. The molecule has 0 spiro atoms. The molecule has 0 aromatic carbocycles. The van der Waals surface area contributed by atoms with Crippen LogP contribution in [0.5, 0.6) is 0 Å². The highest BCUT2D eigenvalue weighted by Crippen LogP contribution is 2.22.